The maximum atomic E-state index is 13.1. The van der Waals surface area contributed by atoms with E-state index in [0.29, 0.717) is 142 Å². The normalized spacial score (nSPS) is 24.7. The molecule has 0 radical (unpaired) electrons. The zero-order valence-electron chi connectivity index (χ0n) is 77.4. The third-order valence-corrected chi connectivity index (χ3v) is 31.9. The van der Waals surface area contributed by atoms with Crippen molar-refractivity contribution in [3.05, 3.63) is 0 Å². The van der Waals surface area contributed by atoms with Crippen molar-refractivity contribution in [3.63, 3.8) is 0 Å². The Balaban J connectivity index is -0.000000755. The molecule has 4 unspecified atom stereocenters. The zero-order chi connectivity index (χ0) is 107. The van der Waals surface area contributed by atoms with Crippen LogP contribution in [0.1, 0.15) is 84.0 Å². The summed E-state index contributed by atoms with van der Waals surface area (Å²) in [7, 11) is -24.8. The molecule has 0 spiro atoms. The van der Waals surface area contributed by atoms with Crippen LogP contribution >= 0.6 is 0 Å². The Hall–Kier alpha value is -5.19. The van der Waals surface area contributed by atoms with Gasteiger partial charge in [0.25, 0.3) is 61.3 Å². The van der Waals surface area contributed by atoms with Gasteiger partial charge in [-0.15, -0.1) is 18.9 Å². The molecule has 0 aliphatic carbocycles. The Bertz CT molecular complexity index is 4160. The first-order valence-electron chi connectivity index (χ1n) is 43.0. The summed E-state index contributed by atoms with van der Waals surface area (Å²) < 4.78 is 158. The second-order valence-corrected chi connectivity index (χ2v) is 42.8. The molecular formula is C63H143B6N27O36S6. The van der Waals surface area contributed by atoms with E-state index in [2.05, 4.69) is 30.4 Å². The van der Waals surface area contributed by atoms with Crippen molar-refractivity contribution in [1.82, 2.24) is 74.8 Å². The Morgan fingerprint density at radius 2 is 0.630 bits per heavy atom. The van der Waals surface area contributed by atoms with Gasteiger partial charge in [-0.2, -0.15) is 143 Å². The van der Waals surface area contributed by atoms with Crippen LogP contribution in [0.15, 0.2) is 0 Å². The summed E-state index contributed by atoms with van der Waals surface area (Å²) in [6.45, 7) is 7.96. The van der Waals surface area contributed by atoms with Gasteiger partial charge >= 0.3 is 79.6 Å². The third kappa shape index (κ3) is 55.8. The molecule has 0 aromatic heterocycles. The molecule has 8 aliphatic heterocycles. The molecule has 41 N–H and O–H groups in total. The van der Waals surface area contributed by atoms with Crippen LogP contribution in [0, 0.1) is 35.5 Å². The predicted molar refractivity (Wildman–Crippen MR) is 488 cm³/mol. The standard InChI is InChI=1S/C13H31BN6O4S.C11H26BN5O4S.2C9H23BN4O4S.C8H21BN4O4S.C7H19BN4O4S.6CO2/c15-4-5-20(13-7-18-12(13)6-16)25(23,24)19-8-10(11(17)9-19)2-1-3-14(21)22;13-4-10-11(5-15-10)16-22(20,21)17-6-8(9(14)7-17)2-1-3-12(18)19;1-13(2)12-19(17,18)14-6-8(9(11)7-14)4-3-5-10(15)16;1-2-14(12)19(17,18)13-6-8(9(11)7-13)4-3-5-10(15)16;1-11-12-18(16,17)13-5-7(8(10)6-13)3-2-4-9(14)15;9-7-5-12(17(15,16)11-10)4-6(7)2-1-3-8(13)14;6*2-1-3/h10-13,18,21-22H,1-9,15-17H2;8-11,15-16,18-19H,1-7,13-14H2;8-9,12,15-16H,3-7,11H2,1-2H3;8-9,15-16H,2-7,11-12H2,1H3;7-8,11-12,14-15H,2-6,10H2,1H3;6-7,11,13-14H,1-5,9-10H2;;;;;;/t10-,11-,12?,13?;8-,9-,10?,11?;2*8-,9-;7-,8-;6-,7-;;;;;;/m000000....../s1. The zero-order valence-corrected chi connectivity index (χ0v) is 82.3. The Morgan fingerprint density at radius 3 is 0.855 bits per heavy atom. The Kier molecular flexibility index (Phi) is 75.2. The quantitative estimate of drug-likeness (QED) is 0.0153. The Labute approximate surface area is 806 Å². The average molecular weight is 2110 g/mol. The van der Waals surface area contributed by atoms with Crippen molar-refractivity contribution < 1.29 is 168 Å². The number of carbonyl (C=O) groups excluding carboxylic acids is 12. The molecule has 0 aromatic carbocycles. The highest BCUT2D eigenvalue weighted by Crippen LogP contribution is 2.31. The van der Waals surface area contributed by atoms with Crippen LogP contribution in [-0.2, 0) is 119 Å². The maximum absolute atomic E-state index is 13.1. The number of hydrogen-bond donors (Lipinski definition) is 30. The summed E-state index contributed by atoms with van der Waals surface area (Å²) in [5.41, 5.74) is 55.0. The van der Waals surface area contributed by atoms with E-state index < -0.39 is 104 Å². The van der Waals surface area contributed by atoms with Crippen molar-refractivity contribution in [3.8, 4) is 0 Å². The van der Waals surface area contributed by atoms with E-state index in [4.69, 9.17) is 181 Å². The van der Waals surface area contributed by atoms with Crippen LogP contribution in [0.25, 0.3) is 0 Å². The fraction of sp³-hybridized carbons (Fsp3) is 0.905. The van der Waals surface area contributed by atoms with Crippen LogP contribution in [0.4, 0.5) is 0 Å². The molecule has 63 nitrogen and oxygen atoms in total. The van der Waals surface area contributed by atoms with Crippen LogP contribution in [-0.4, -0.2) is 436 Å². The van der Waals surface area contributed by atoms with Gasteiger partial charge < -0.3 is 123 Å². The van der Waals surface area contributed by atoms with E-state index in [0.717, 1.165) is 4.41 Å². The van der Waals surface area contributed by atoms with Gasteiger partial charge in [0.2, 0.25) is 0 Å². The first-order valence-corrected chi connectivity index (χ1v) is 51.6. The lowest BCUT2D eigenvalue weighted by atomic mass is 9.82. The molecule has 0 bridgehead atoms. The minimum atomic E-state index is -3.66. The summed E-state index contributed by atoms with van der Waals surface area (Å²) in [6.07, 6.45) is 10.8. The van der Waals surface area contributed by atoms with E-state index >= 15 is 0 Å². The van der Waals surface area contributed by atoms with Crippen molar-refractivity contribution in [2.24, 2.45) is 98.8 Å². The second kappa shape index (κ2) is 74.7. The summed E-state index contributed by atoms with van der Waals surface area (Å²) in [6, 6.07) is -1.82. The number of hydrogen-bond acceptors (Lipinski definition) is 51. The molecule has 16 atom stereocenters. The van der Waals surface area contributed by atoms with Crippen molar-refractivity contribution in [1.29, 1.82) is 0 Å². The first-order chi connectivity index (χ1) is 64.4. The van der Waals surface area contributed by atoms with Crippen molar-refractivity contribution in [2.45, 2.75) is 182 Å². The summed E-state index contributed by atoms with van der Waals surface area (Å²) in [5.74, 6) is 10.6. The lowest BCUT2D eigenvalue weighted by Crippen LogP contribution is -2.69. The van der Waals surface area contributed by atoms with E-state index in [1.54, 1.807) is 25.9 Å². The highest BCUT2D eigenvalue weighted by atomic mass is 32.2. The van der Waals surface area contributed by atoms with Gasteiger partial charge in [0, 0.05) is 187 Å². The van der Waals surface area contributed by atoms with Crippen molar-refractivity contribution in [2.75, 3.05) is 145 Å². The topological polar surface area (TPSA) is 1050 Å². The third-order valence-electron chi connectivity index (χ3n) is 22.2. The van der Waals surface area contributed by atoms with Gasteiger partial charge in [-0.3, -0.25) is 11.7 Å². The molecule has 8 rings (SSSR count). The van der Waals surface area contributed by atoms with Gasteiger partial charge in [0.05, 0.1) is 12.1 Å². The van der Waals surface area contributed by atoms with E-state index in [1.807, 2.05) is 0 Å². The molecule has 800 valence electrons. The molecule has 0 aromatic rings. The van der Waals surface area contributed by atoms with E-state index in [-0.39, 0.29) is 230 Å². The van der Waals surface area contributed by atoms with E-state index in [9.17, 15) is 50.5 Å². The summed E-state index contributed by atoms with van der Waals surface area (Å²) in [5, 5.41) is 113. The van der Waals surface area contributed by atoms with Crippen molar-refractivity contribution >= 4 is 141 Å². The van der Waals surface area contributed by atoms with Crippen LogP contribution < -0.4 is 98.6 Å². The summed E-state index contributed by atoms with van der Waals surface area (Å²) >= 11 is 0. The van der Waals surface area contributed by atoms with Crippen LogP contribution in [0.3, 0.4) is 0 Å². The van der Waals surface area contributed by atoms with E-state index in [1.165, 1.54) is 42.2 Å². The highest BCUT2D eigenvalue weighted by molar-refractivity contribution is 7.88. The number of nitrogens with zero attached hydrogens (tertiary/aromatic N) is 9. The molecule has 138 heavy (non-hydrogen) atoms. The van der Waals surface area contributed by atoms with Gasteiger partial charge in [0.1, 0.15) is 0 Å². The van der Waals surface area contributed by atoms with Crippen LogP contribution in [0.5, 0.6) is 0 Å². The second-order valence-electron chi connectivity index (χ2n) is 32.3. The molecule has 0 amide bonds. The molecule has 8 aliphatic rings. The molecule has 8 fully saturated rings. The SMILES string of the molecule is CCN(N)S(=O)(=O)N1C[C@H](CCCB(O)O)[C@@H](N)C1.CN(C)NS(=O)(=O)N1C[C@H](CCCB(O)O)[C@@H](N)C1.CNNS(=O)(=O)N1C[C@H](CCCB(O)O)[C@@H](N)C1.NCC1NCC1NS(=O)(=O)N1C[C@H](CCCB(O)O)[C@@H](N)C1.NCCN(C1CNC1CN)S(=O)(=O)N1C[C@H](CCCB(O)O)[C@@H](N)C1.NNS(=O)(=O)N1C[C@H](CCCB(O)O)[C@@H](N)C1.O=C=O.O=C=O.O=C=O.O=C=O.O=C=O.O=C=O. The van der Waals surface area contributed by atoms with Gasteiger partial charge in [-0.05, 0) is 126 Å². The largest absolute Gasteiger partial charge is 0.451 e. The predicted octanol–water partition coefficient (Wildman–Crippen LogP) is -20.1. The van der Waals surface area contributed by atoms with Crippen LogP contribution in [0.2, 0.25) is 37.9 Å². The fourth-order valence-electron chi connectivity index (χ4n) is 15.1. The number of nitrogens with one attached hydrogen (secondary N) is 7. The first kappa shape index (κ1) is 139. The molecule has 8 heterocycles. The molecular weight excluding hydrogens is 1970 g/mol. The van der Waals surface area contributed by atoms with Gasteiger partial charge in [-0.25, -0.2) is 10.4 Å². The minimum Gasteiger partial charge on any atom is -0.427 e. The number of rotatable bonds is 45. The Morgan fingerprint density at radius 1 is 0.377 bits per heavy atom. The smallest absolute Gasteiger partial charge is 0.427 e. The minimum absolute atomic E-state index is 0.0121. The lowest BCUT2D eigenvalue weighted by molar-refractivity contribution is -0.193. The number of nitrogens with two attached hydrogens (primary N) is 11. The molecule has 8 saturated heterocycles. The van der Waals surface area contributed by atoms with Gasteiger partial charge in [-0.1, -0.05) is 38.5 Å². The maximum Gasteiger partial charge on any atom is 0.451 e. The average Bonchev–Trinajstić information content (AvgIpc) is 1.47. The summed E-state index contributed by atoms with van der Waals surface area (Å²) in [4.78, 5) is 104. The molecule has 0 saturated carbocycles. The molecule has 75 heteroatoms. The van der Waals surface area contributed by atoms with Gasteiger partial charge in [0.15, 0.2) is 0 Å². The highest BCUT2D eigenvalue weighted by Gasteiger charge is 2.48. The number of hydrazine groups is 4. The lowest BCUT2D eigenvalue weighted by Gasteiger charge is -2.44. The fourth-order valence-corrected chi connectivity index (χ4v) is 23.3. The monoisotopic (exact) mass is 2110 g/mol.